The number of ether oxygens (including phenoxy) is 1. The number of Topliss-reactive ketones (excluding diaryl/α,β-unsaturated/α-hetero) is 1. The number of carbonyl (C=O) groups excluding carboxylic acids is 1. The van der Waals surface area contributed by atoms with E-state index >= 15 is 0 Å². The van der Waals surface area contributed by atoms with Gasteiger partial charge in [-0.1, -0.05) is 12.2 Å². The van der Waals surface area contributed by atoms with E-state index < -0.39 is 0 Å². The summed E-state index contributed by atoms with van der Waals surface area (Å²) in [4.78, 5) is 11.5. The van der Waals surface area contributed by atoms with E-state index in [4.69, 9.17) is 4.74 Å². The second kappa shape index (κ2) is 3.85. The van der Waals surface area contributed by atoms with Crippen LogP contribution in [0, 0.1) is 5.92 Å². The van der Waals surface area contributed by atoms with Crippen LogP contribution in [0.15, 0.2) is 12.2 Å². The van der Waals surface area contributed by atoms with Crippen molar-refractivity contribution in [1.82, 2.24) is 0 Å². The summed E-state index contributed by atoms with van der Waals surface area (Å²) in [7, 11) is 0. The van der Waals surface area contributed by atoms with E-state index in [9.17, 15) is 4.79 Å². The van der Waals surface area contributed by atoms with Gasteiger partial charge in [0.1, 0.15) is 5.78 Å². The van der Waals surface area contributed by atoms with E-state index in [1.165, 1.54) is 0 Å². The molecule has 0 radical (unpaired) electrons. The minimum atomic E-state index is 0.122. The van der Waals surface area contributed by atoms with Crippen molar-refractivity contribution >= 4 is 5.78 Å². The Morgan fingerprint density at radius 1 is 1.67 bits per heavy atom. The maximum atomic E-state index is 11.5. The third-order valence-electron chi connectivity index (χ3n) is 2.13. The molecule has 0 bridgehead atoms. The van der Waals surface area contributed by atoms with Crippen LogP contribution in [0.4, 0.5) is 0 Å². The zero-order chi connectivity index (χ0) is 9.14. The lowest BCUT2D eigenvalue weighted by Gasteiger charge is -2.05. The molecule has 0 aromatic rings. The largest absolute Gasteiger partial charge is 0.378 e. The first-order chi connectivity index (χ1) is 5.59. The highest BCUT2D eigenvalue weighted by Crippen LogP contribution is 2.21. The number of carbonyl (C=O) groups is 1. The normalized spacial score (nSPS) is 28.8. The summed E-state index contributed by atoms with van der Waals surface area (Å²) in [6.45, 7) is 8.22. The van der Waals surface area contributed by atoms with Gasteiger partial charge in [0.25, 0.3) is 0 Å². The molecule has 1 heterocycles. The van der Waals surface area contributed by atoms with E-state index in [1.54, 1.807) is 0 Å². The van der Waals surface area contributed by atoms with E-state index in [1.807, 2.05) is 13.8 Å². The molecule has 0 amide bonds. The average molecular weight is 168 g/mol. The molecule has 1 aliphatic rings. The molecule has 1 rings (SSSR count). The van der Waals surface area contributed by atoms with E-state index in [2.05, 4.69) is 6.58 Å². The van der Waals surface area contributed by atoms with Crippen LogP contribution in [0.2, 0.25) is 0 Å². The van der Waals surface area contributed by atoms with Gasteiger partial charge in [-0.25, -0.2) is 0 Å². The molecule has 2 heteroatoms. The van der Waals surface area contributed by atoms with Gasteiger partial charge >= 0.3 is 0 Å². The summed E-state index contributed by atoms with van der Waals surface area (Å²) in [6, 6.07) is 0. The number of ketones is 1. The van der Waals surface area contributed by atoms with Gasteiger partial charge in [0.15, 0.2) is 0 Å². The summed E-state index contributed by atoms with van der Waals surface area (Å²) in [5.74, 6) is 0.406. The van der Waals surface area contributed by atoms with Crippen LogP contribution in [0.5, 0.6) is 0 Å². The van der Waals surface area contributed by atoms with Crippen LogP contribution in [0.1, 0.15) is 26.7 Å². The molecule has 2 nitrogen and oxygen atoms in total. The Morgan fingerprint density at radius 2 is 2.33 bits per heavy atom. The van der Waals surface area contributed by atoms with Gasteiger partial charge in [0.05, 0.1) is 12.7 Å². The molecule has 0 saturated carbocycles. The third-order valence-corrected chi connectivity index (χ3v) is 2.13. The Kier molecular flexibility index (Phi) is 3.04. The first kappa shape index (κ1) is 9.46. The quantitative estimate of drug-likeness (QED) is 0.602. The summed E-state index contributed by atoms with van der Waals surface area (Å²) in [5, 5.41) is 0. The molecule has 0 spiro atoms. The van der Waals surface area contributed by atoms with Crippen LogP contribution in [-0.4, -0.2) is 18.5 Å². The van der Waals surface area contributed by atoms with Crippen molar-refractivity contribution in [2.45, 2.75) is 32.8 Å². The molecular weight excluding hydrogens is 152 g/mol. The number of hydrogen-bond donors (Lipinski definition) is 0. The summed E-state index contributed by atoms with van der Waals surface area (Å²) in [6.07, 6.45) is 1.65. The molecule has 2 atom stereocenters. The van der Waals surface area contributed by atoms with Crippen LogP contribution < -0.4 is 0 Å². The average Bonchev–Trinajstić information content (AvgIpc) is 2.34. The molecule has 0 aromatic heterocycles. The number of rotatable bonds is 3. The molecule has 0 N–H and O–H groups in total. The summed E-state index contributed by atoms with van der Waals surface area (Å²) >= 11 is 0. The molecule has 1 aliphatic heterocycles. The first-order valence-corrected chi connectivity index (χ1v) is 4.38. The Morgan fingerprint density at radius 3 is 2.75 bits per heavy atom. The van der Waals surface area contributed by atoms with Crippen molar-refractivity contribution in [3.05, 3.63) is 12.2 Å². The van der Waals surface area contributed by atoms with Gasteiger partial charge in [-0.05, 0) is 20.3 Å². The van der Waals surface area contributed by atoms with Crippen molar-refractivity contribution in [2.24, 2.45) is 5.92 Å². The maximum Gasteiger partial charge on any atom is 0.142 e. The Hall–Kier alpha value is -0.630. The standard InChI is InChI=1S/C10H16O2/c1-7(2)4-10(11)9-5-8(3)12-6-9/h8-9H,1,4-6H2,2-3H3. The lowest BCUT2D eigenvalue weighted by molar-refractivity contribution is -0.122. The van der Waals surface area contributed by atoms with Gasteiger partial charge in [-0.2, -0.15) is 0 Å². The van der Waals surface area contributed by atoms with Crippen molar-refractivity contribution in [2.75, 3.05) is 6.61 Å². The fraction of sp³-hybridized carbons (Fsp3) is 0.700. The second-order valence-electron chi connectivity index (χ2n) is 3.68. The molecular formula is C10H16O2. The fourth-order valence-corrected chi connectivity index (χ4v) is 1.48. The molecule has 2 unspecified atom stereocenters. The first-order valence-electron chi connectivity index (χ1n) is 4.38. The lowest BCUT2D eigenvalue weighted by Crippen LogP contribution is -2.14. The van der Waals surface area contributed by atoms with Gasteiger partial charge in [0.2, 0.25) is 0 Å². The predicted molar refractivity (Wildman–Crippen MR) is 48.0 cm³/mol. The number of allylic oxidation sites excluding steroid dienone is 1. The Balaban J connectivity index is 2.38. The SMILES string of the molecule is C=C(C)CC(=O)C1COC(C)C1. The highest BCUT2D eigenvalue weighted by molar-refractivity contribution is 5.83. The van der Waals surface area contributed by atoms with Gasteiger partial charge in [-0.3, -0.25) is 4.79 Å². The summed E-state index contributed by atoms with van der Waals surface area (Å²) in [5.41, 5.74) is 0.944. The monoisotopic (exact) mass is 168 g/mol. The van der Waals surface area contributed by atoms with Crippen LogP contribution in [0.25, 0.3) is 0 Å². The van der Waals surface area contributed by atoms with Gasteiger partial charge in [0, 0.05) is 12.3 Å². The van der Waals surface area contributed by atoms with Crippen molar-refractivity contribution in [1.29, 1.82) is 0 Å². The van der Waals surface area contributed by atoms with Crippen LogP contribution >= 0.6 is 0 Å². The zero-order valence-corrected chi connectivity index (χ0v) is 7.80. The van der Waals surface area contributed by atoms with Crippen LogP contribution in [-0.2, 0) is 9.53 Å². The Bertz CT molecular complexity index is 196. The molecule has 12 heavy (non-hydrogen) atoms. The van der Waals surface area contributed by atoms with Gasteiger partial charge in [-0.15, -0.1) is 0 Å². The maximum absolute atomic E-state index is 11.5. The molecule has 0 aromatic carbocycles. The van der Waals surface area contributed by atoms with Crippen molar-refractivity contribution < 1.29 is 9.53 Å². The van der Waals surface area contributed by atoms with E-state index in [0.717, 1.165) is 12.0 Å². The minimum Gasteiger partial charge on any atom is -0.378 e. The zero-order valence-electron chi connectivity index (χ0n) is 7.80. The van der Waals surface area contributed by atoms with E-state index in [0.29, 0.717) is 13.0 Å². The van der Waals surface area contributed by atoms with Gasteiger partial charge < -0.3 is 4.74 Å². The highest BCUT2D eigenvalue weighted by Gasteiger charge is 2.27. The van der Waals surface area contributed by atoms with E-state index in [-0.39, 0.29) is 17.8 Å². The highest BCUT2D eigenvalue weighted by atomic mass is 16.5. The Labute approximate surface area is 73.6 Å². The number of hydrogen-bond acceptors (Lipinski definition) is 2. The van der Waals surface area contributed by atoms with Crippen molar-refractivity contribution in [3.63, 3.8) is 0 Å². The predicted octanol–water partition coefficient (Wildman–Crippen LogP) is 1.95. The summed E-state index contributed by atoms with van der Waals surface area (Å²) < 4.78 is 5.32. The molecule has 1 saturated heterocycles. The topological polar surface area (TPSA) is 26.3 Å². The molecule has 1 fully saturated rings. The second-order valence-corrected chi connectivity index (χ2v) is 3.68. The third kappa shape index (κ3) is 2.45. The minimum absolute atomic E-state index is 0.122. The fourth-order valence-electron chi connectivity index (χ4n) is 1.48. The lowest BCUT2D eigenvalue weighted by atomic mass is 9.97. The molecule has 0 aliphatic carbocycles. The molecule has 68 valence electrons. The smallest absolute Gasteiger partial charge is 0.142 e. The van der Waals surface area contributed by atoms with Crippen LogP contribution in [0.3, 0.4) is 0 Å². The van der Waals surface area contributed by atoms with Crippen molar-refractivity contribution in [3.8, 4) is 0 Å².